The van der Waals surface area contributed by atoms with Crippen molar-refractivity contribution < 1.29 is 23.7 Å². The molecule has 0 aromatic rings. The molecule has 0 aliphatic heterocycles. The number of hydrogen-bond acceptors (Lipinski definition) is 5. The smallest absolute Gasteiger partial charge is 0.306 e. The summed E-state index contributed by atoms with van der Waals surface area (Å²) in [5.41, 5.74) is 0. The third kappa shape index (κ3) is 12.7. The van der Waals surface area contributed by atoms with E-state index in [4.69, 9.17) is 18.9 Å². The monoisotopic (exact) mass is 344 g/mol. The van der Waals surface area contributed by atoms with Gasteiger partial charge in [0.1, 0.15) is 6.10 Å². The van der Waals surface area contributed by atoms with Crippen molar-refractivity contribution in [2.45, 2.75) is 71.3 Å². The van der Waals surface area contributed by atoms with Crippen LogP contribution in [0, 0.1) is 5.92 Å². The van der Waals surface area contributed by atoms with Gasteiger partial charge >= 0.3 is 5.97 Å². The second kappa shape index (κ2) is 14.7. The maximum Gasteiger partial charge on any atom is 0.306 e. The second-order valence-corrected chi connectivity index (χ2v) is 6.87. The summed E-state index contributed by atoms with van der Waals surface area (Å²) >= 11 is 0. The second-order valence-electron chi connectivity index (χ2n) is 6.87. The summed E-state index contributed by atoms with van der Waals surface area (Å²) in [6, 6.07) is 0. The normalized spacial score (nSPS) is 15.8. The van der Waals surface area contributed by atoms with Gasteiger partial charge in [-0.05, 0) is 44.4 Å². The zero-order chi connectivity index (χ0) is 17.5. The Balaban J connectivity index is 1.77. The maximum atomic E-state index is 11.7. The fourth-order valence-electron chi connectivity index (χ4n) is 2.61. The summed E-state index contributed by atoms with van der Waals surface area (Å²) in [4.78, 5) is 11.7. The molecule has 0 N–H and O–H groups in total. The Morgan fingerprint density at radius 2 is 1.46 bits per heavy atom. The van der Waals surface area contributed by atoms with Crippen LogP contribution in [0.1, 0.15) is 65.2 Å². The molecule has 0 unspecified atom stereocenters. The molecule has 0 spiro atoms. The Morgan fingerprint density at radius 1 is 0.875 bits per heavy atom. The summed E-state index contributed by atoms with van der Waals surface area (Å²) in [6.07, 6.45) is 8.10. The molecule has 1 aliphatic carbocycles. The number of carbonyl (C=O) groups is 1. The molecule has 24 heavy (non-hydrogen) atoms. The van der Waals surface area contributed by atoms with Crippen LogP contribution in [0.5, 0.6) is 0 Å². The van der Waals surface area contributed by atoms with E-state index in [1.54, 1.807) is 0 Å². The van der Waals surface area contributed by atoms with Gasteiger partial charge in [-0.1, -0.05) is 20.3 Å². The van der Waals surface area contributed by atoms with Crippen molar-refractivity contribution in [3.8, 4) is 0 Å². The third-order valence-corrected chi connectivity index (χ3v) is 4.10. The lowest BCUT2D eigenvalue weighted by molar-refractivity contribution is -0.150. The predicted molar refractivity (Wildman–Crippen MR) is 94.1 cm³/mol. The van der Waals surface area contributed by atoms with Crippen molar-refractivity contribution in [1.29, 1.82) is 0 Å². The first-order chi connectivity index (χ1) is 11.7. The Bertz CT molecular complexity index is 300. The summed E-state index contributed by atoms with van der Waals surface area (Å²) in [5.74, 6) is 0.597. The van der Waals surface area contributed by atoms with Gasteiger partial charge in [-0.15, -0.1) is 0 Å². The summed E-state index contributed by atoms with van der Waals surface area (Å²) in [6.45, 7) is 8.13. The zero-order valence-electron chi connectivity index (χ0n) is 15.6. The van der Waals surface area contributed by atoms with E-state index in [1.165, 1.54) is 19.3 Å². The van der Waals surface area contributed by atoms with Crippen LogP contribution in [0.2, 0.25) is 0 Å². The Labute approximate surface area is 147 Å². The molecule has 1 saturated carbocycles. The number of carbonyl (C=O) groups excluding carboxylic acids is 1. The minimum absolute atomic E-state index is 0.0831. The number of ether oxygens (including phenoxy) is 4. The quantitative estimate of drug-likeness (QED) is 0.355. The van der Waals surface area contributed by atoms with E-state index in [0.29, 0.717) is 51.8 Å². The molecule has 1 aliphatic rings. The SMILES string of the molecule is CC(C)CCOCCOCCOCCCC(=O)OC1CCCCC1. The fraction of sp³-hybridized carbons (Fsp3) is 0.947. The van der Waals surface area contributed by atoms with Crippen LogP contribution in [-0.2, 0) is 23.7 Å². The molecule has 0 aromatic carbocycles. The number of rotatable bonds is 14. The van der Waals surface area contributed by atoms with Gasteiger partial charge in [-0.3, -0.25) is 4.79 Å². The summed E-state index contributed by atoms with van der Waals surface area (Å²) < 4.78 is 21.8. The van der Waals surface area contributed by atoms with Crippen LogP contribution in [0.15, 0.2) is 0 Å². The van der Waals surface area contributed by atoms with E-state index in [2.05, 4.69) is 13.8 Å². The summed E-state index contributed by atoms with van der Waals surface area (Å²) in [7, 11) is 0. The van der Waals surface area contributed by atoms with E-state index in [0.717, 1.165) is 25.9 Å². The molecule has 0 atom stereocenters. The topological polar surface area (TPSA) is 54.0 Å². The first-order valence-electron chi connectivity index (χ1n) is 9.61. The molecule has 0 aromatic heterocycles. The van der Waals surface area contributed by atoms with Gasteiger partial charge in [0.2, 0.25) is 0 Å². The van der Waals surface area contributed by atoms with Gasteiger partial charge in [0.15, 0.2) is 0 Å². The van der Waals surface area contributed by atoms with Gasteiger partial charge < -0.3 is 18.9 Å². The van der Waals surface area contributed by atoms with Crippen molar-refractivity contribution in [3.63, 3.8) is 0 Å². The Kier molecular flexibility index (Phi) is 13.1. The molecule has 0 amide bonds. The van der Waals surface area contributed by atoms with Gasteiger partial charge in [-0.2, -0.15) is 0 Å². The first-order valence-corrected chi connectivity index (χ1v) is 9.61. The highest BCUT2D eigenvalue weighted by atomic mass is 16.5. The third-order valence-electron chi connectivity index (χ3n) is 4.10. The highest BCUT2D eigenvalue weighted by molar-refractivity contribution is 5.69. The zero-order valence-corrected chi connectivity index (χ0v) is 15.6. The highest BCUT2D eigenvalue weighted by Crippen LogP contribution is 2.20. The van der Waals surface area contributed by atoms with E-state index in [1.807, 2.05) is 0 Å². The van der Waals surface area contributed by atoms with Crippen LogP contribution in [0.25, 0.3) is 0 Å². The minimum Gasteiger partial charge on any atom is -0.462 e. The van der Waals surface area contributed by atoms with Gasteiger partial charge in [0.05, 0.1) is 26.4 Å². The number of hydrogen-bond donors (Lipinski definition) is 0. The molecule has 5 heteroatoms. The lowest BCUT2D eigenvalue weighted by atomic mass is 9.98. The molecule has 5 nitrogen and oxygen atoms in total. The molecule has 0 bridgehead atoms. The largest absolute Gasteiger partial charge is 0.462 e. The lowest BCUT2D eigenvalue weighted by Crippen LogP contribution is -2.21. The van der Waals surface area contributed by atoms with Crippen LogP contribution >= 0.6 is 0 Å². The van der Waals surface area contributed by atoms with E-state index < -0.39 is 0 Å². The first kappa shape index (κ1) is 21.4. The molecular weight excluding hydrogens is 308 g/mol. The van der Waals surface area contributed by atoms with E-state index in [9.17, 15) is 4.79 Å². The standard InChI is InChI=1S/C19H36O5/c1-17(2)10-12-22-14-16-23-15-13-21-11-6-9-19(20)24-18-7-4-3-5-8-18/h17-18H,3-16H2,1-2H3. The molecule has 1 fully saturated rings. The van der Waals surface area contributed by atoms with Gasteiger partial charge in [0, 0.05) is 19.6 Å². The van der Waals surface area contributed by atoms with Crippen molar-refractivity contribution in [1.82, 2.24) is 0 Å². The van der Waals surface area contributed by atoms with Crippen LogP contribution in [0.4, 0.5) is 0 Å². The van der Waals surface area contributed by atoms with Gasteiger partial charge in [0.25, 0.3) is 0 Å². The highest BCUT2D eigenvalue weighted by Gasteiger charge is 2.17. The lowest BCUT2D eigenvalue weighted by Gasteiger charge is -2.21. The molecule has 142 valence electrons. The average molecular weight is 344 g/mol. The van der Waals surface area contributed by atoms with Crippen LogP contribution in [-0.4, -0.2) is 51.7 Å². The maximum absolute atomic E-state index is 11.7. The van der Waals surface area contributed by atoms with Crippen molar-refractivity contribution in [2.24, 2.45) is 5.92 Å². The van der Waals surface area contributed by atoms with Crippen LogP contribution < -0.4 is 0 Å². The Hall–Kier alpha value is -0.650. The van der Waals surface area contributed by atoms with Crippen molar-refractivity contribution in [2.75, 3.05) is 39.6 Å². The predicted octanol–water partition coefficient (Wildman–Crippen LogP) is 3.74. The number of esters is 1. The van der Waals surface area contributed by atoms with E-state index >= 15 is 0 Å². The molecule has 1 rings (SSSR count). The summed E-state index contributed by atoms with van der Waals surface area (Å²) in [5, 5.41) is 0. The molecule has 0 saturated heterocycles. The Morgan fingerprint density at radius 3 is 2.08 bits per heavy atom. The molecule has 0 radical (unpaired) electrons. The average Bonchev–Trinajstić information content (AvgIpc) is 2.56. The van der Waals surface area contributed by atoms with E-state index in [-0.39, 0.29) is 12.1 Å². The minimum atomic E-state index is -0.0831. The van der Waals surface area contributed by atoms with Crippen molar-refractivity contribution >= 4 is 5.97 Å². The fourth-order valence-corrected chi connectivity index (χ4v) is 2.61. The van der Waals surface area contributed by atoms with Crippen molar-refractivity contribution in [3.05, 3.63) is 0 Å². The molecular formula is C19H36O5. The van der Waals surface area contributed by atoms with Gasteiger partial charge in [-0.25, -0.2) is 0 Å². The molecule has 0 heterocycles. The van der Waals surface area contributed by atoms with Crippen LogP contribution in [0.3, 0.4) is 0 Å².